The number of nitro groups is 1. The van der Waals surface area contributed by atoms with E-state index < -0.39 is 0 Å². The van der Waals surface area contributed by atoms with Crippen molar-refractivity contribution in [1.29, 1.82) is 0 Å². The summed E-state index contributed by atoms with van der Waals surface area (Å²) in [6.07, 6.45) is 2.20. The number of nitrogens with one attached hydrogen (secondary N) is 1. The predicted molar refractivity (Wildman–Crippen MR) is 95.4 cm³/mol. The highest BCUT2D eigenvalue weighted by atomic mass is 16.6. The first kappa shape index (κ1) is 16.6. The van der Waals surface area contributed by atoms with E-state index in [4.69, 9.17) is 0 Å². The van der Waals surface area contributed by atoms with E-state index in [1.807, 2.05) is 55.5 Å². The molecule has 128 valence electrons. The Morgan fingerprint density at radius 1 is 1.20 bits per heavy atom. The molecule has 0 amide bonds. The lowest BCUT2D eigenvalue weighted by atomic mass is 10.0. The Morgan fingerprint density at radius 2 is 1.92 bits per heavy atom. The maximum Gasteiger partial charge on any atom is 0.334 e. The van der Waals surface area contributed by atoms with Gasteiger partial charge in [0, 0.05) is 13.2 Å². The molecule has 7 heteroatoms. The maximum absolute atomic E-state index is 11.6. The Morgan fingerprint density at radius 3 is 2.52 bits per heavy atom. The van der Waals surface area contributed by atoms with Crippen molar-refractivity contribution >= 4 is 11.5 Å². The van der Waals surface area contributed by atoms with Crippen molar-refractivity contribution in [1.82, 2.24) is 14.8 Å². The van der Waals surface area contributed by atoms with Crippen LogP contribution in [-0.4, -0.2) is 19.7 Å². The second-order valence-corrected chi connectivity index (χ2v) is 5.62. The lowest BCUT2D eigenvalue weighted by molar-refractivity contribution is -0.384. The van der Waals surface area contributed by atoms with E-state index >= 15 is 0 Å². The summed E-state index contributed by atoms with van der Waals surface area (Å²) in [7, 11) is 1.70. The van der Waals surface area contributed by atoms with Crippen molar-refractivity contribution in [2.45, 2.75) is 19.4 Å². The lowest BCUT2D eigenvalue weighted by Crippen LogP contribution is -2.16. The number of pyridine rings is 1. The average molecular weight is 337 g/mol. The number of hydrogen-bond donors (Lipinski definition) is 1. The third kappa shape index (κ3) is 3.35. The van der Waals surface area contributed by atoms with Crippen LogP contribution in [0.4, 0.5) is 11.5 Å². The molecular formula is C18H19N5O2. The fraction of sp³-hybridized carbons (Fsp3) is 0.222. The van der Waals surface area contributed by atoms with Crippen LogP contribution in [0.5, 0.6) is 0 Å². The molecule has 0 saturated heterocycles. The molecule has 0 aliphatic heterocycles. The topological polar surface area (TPSA) is 85.9 Å². The second kappa shape index (κ2) is 7.12. The molecule has 1 unspecified atom stereocenters. The number of nitrogens with zero attached hydrogens (tertiary/aromatic N) is 4. The van der Waals surface area contributed by atoms with Crippen molar-refractivity contribution in [2.24, 2.45) is 7.05 Å². The minimum Gasteiger partial charge on any atom is -0.352 e. The van der Waals surface area contributed by atoms with E-state index in [2.05, 4.69) is 15.4 Å². The van der Waals surface area contributed by atoms with E-state index in [0.29, 0.717) is 17.9 Å². The Kier molecular flexibility index (Phi) is 4.74. The maximum atomic E-state index is 11.6. The zero-order chi connectivity index (χ0) is 17.8. The summed E-state index contributed by atoms with van der Waals surface area (Å²) in [6.45, 7) is 1.85. The molecule has 0 bridgehead atoms. The molecule has 0 radical (unpaired) electrons. The number of aryl methyl sites for hydroxylation is 2. The molecule has 0 aliphatic rings. The van der Waals surface area contributed by atoms with Crippen LogP contribution in [0.2, 0.25) is 0 Å². The lowest BCUT2D eigenvalue weighted by Gasteiger charge is -2.19. The first-order chi connectivity index (χ1) is 12.1. The summed E-state index contributed by atoms with van der Waals surface area (Å²) in [6, 6.07) is 15.0. The van der Waals surface area contributed by atoms with Gasteiger partial charge < -0.3 is 5.32 Å². The van der Waals surface area contributed by atoms with Gasteiger partial charge in [-0.3, -0.25) is 15.1 Å². The summed E-state index contributed by atoms with van der Waals surface area (Å²) < 4.78 is 1.52. The number of aromatic nitrogens is 3. The number of rotatable bonds is 6. The Hall–Kier alpha value is -3.22. The Bertz CT molecular complexity index is 822. The van der Waals surface area contributed by atoms with Gasteiger partial charge in [0.15, 0.2) is 0 Å². The summed E-state index contributed by atoms with van der Waals surface area (Å²) in [4.78, 5) is 15.6. The van der Waals surface area contributed by atoms with Gasteiger partial charge in [0.25, 0.3) is 0 Å². The minimum atomic E-state index is -0.380. The first-order valence-corrected chi connectivity index (χ1v) is 8.04. The highest BCUT2D eigenvalue weighted by molar-refractivity contribution is 5.61. The van der Waals surface area contributed by atoms with E-state index in [1.54, 1.807) is 13.2 Å². The molecule has 0 fully saturated rings. The van der Waals surface area contributed by atoms with Gasteiger partial charge in [0.2, 0.25) is 5.82 Å². The van der Waals surface area contributed by atoms with Crippen LogP contribution >= 0.6 is 0 Å². The van der Waals surface area contributed by atoms with Gasteiger partial charge in [-0.1, -0.05) is 43.3 Å². The van der Waals surface area contributed by atoms with Crippen LogP contribution in [0, 0.1) is 10.1 Å². The van der Waals surface area contributed by atoms with Crippen molar-refractivity contribution < 1.29 is 4.92 Å². The van der Waals surface area contributed by atoms with Gasteiger partial charge in [-0.05, 0) is 24.1 Å². The zero-order valence-corrected chi connectivity index (χ0v) is 14.1. The third-order valence-corrected chi connectivity index (χ3v) is 4.01. The SMILES string of the molecule is CCc1nn(C)c(NC(c2ccccc2)c2ccccn2)c1[N+](=O)[O-]. The van der Waals surface area contributed by atoms with Crippen LogP contribution in [-0.2, 0) is 13.5 Å². The van der Waals surface area contributed by atoms with Crippen LogP contribution in [0.3, 0.4) is 0 Å². The minimum absolute atomic E-state index is 0.0156. The summed E-state index contributed by atoms with van der Waals surface area (Å²) in [5.41, 5.74) is 2.22. The van der Waals surface area contributed by atoms with Gasteiger partial charge in [-0.2, -0.15) is 5.10 Å². The van der Waals surface area contributed by atoms with E-state index in [1.165, 1.54) is 4.68 Å². The fourth-order valence-electron chi connectivity index (χ4n) is 2.82. The molecule has 0 spiro atoms. The highest BCUT2D eigenvalue weighted by Gasteiger charge is 2.28. The molecule has 3 aromatic rings. The quantitative estimate of drug-likeness (QED) is 0.550. The Balaban J connectivity index is 2.08. The summed E-state index contributed by atoms with van der Waals surface area (Å²) >= 11 is 0. The Labute approximate surface area is 145 Å². The van der Waals surface area contributed by atoms with Gasteiger partial charge >= 0.3 is 5.69 Å². The third-order valence-electron chi connectivity index (χ3n) is 4.01. The van der Waals surface area contributed by atoms with Crippen LogP contribution in [0.15, 0.2) is 54.7 Å². The number of benzene rings is 1. The molecule has 7 nitrogen and oxygen atoms in total. The average Bonchev–Trinajstić information content (AvgIpc) is 2.97. The summed E-state index contributed by atoms with van der Waals surface area (Å²) in [5.74, 6) is 0.376. The van der Waals surface area contributed by atoms with Crippen LogP contribution in [0.25, 0.3) is 0 Å². The molecule has 2 aromatic heterocycles. The van der Waals surface area contributed by atoms with E-state index in [-0.39, 0.29) is 16.7 Å². The van der Waals surface area contributed by atoms with Crippen LogP contribution in [0.1, 0.15) is 29.9 Å². The van der Waals surface area contributed by atoms with Crippen molar-refractivity contribution in [2.75, 3.05) is 5.32 Å². The highest BCUT2D eigenvalue weighted by Crippen LogP contribution is 2.33. The number of anilines is 1. The van der Waals surface area contributed by atoms with Gasteiger partial charge in [-0.25, -0.2) is 4.68 Å². The zero-order valence-electron chi connectivity index (χ0n) is 14.1. The molecule has 1 aromatic carbocycles. The second-order valence-electron chi connectivity index (χ2n) is 5.62. The summed E-state index contributed by atoms with van der Waals surface area (Å²) in [5, 5.41) is 19.1. The largest absolute Gasteiger partial charge is 0.352 e. The molecule has 1 atom stereocenters. The standard InChI is InChI=1S/C18H19N5O2/c1-3-14-17(23(24)25)18(22(2)21-14)20-16(13-9-5-4-6-10-13)15-11-7-8-12-19-15/h4-12,16,20H,3H2,1-2H3. The fourth-order valence-corrected chi connectivity index (χ4v) is 2.82. The predicted octanol–water partition coefficient (Wildman–Crippen LogP) is 3.49. The van der Waals surface area contributed by atoms with Crippen molar-refractivity contribution in [3.05, 3.63) is 81.8 Å². The first-order valence-electron chi connectivity index (χ1n) is 8.04. The monoisotopic (exact) mass is 337 g/mol. The molecule has 0 saturated carbocycles. The van der Waals surface area contributed by atoms with Gasteiger partial charge in [0.1, 0.15) is 5.69 Å². The van der Waals surface area contributed by atoms with Crippen molar-refractivity contribution in [3.8, 4) is 0 Å². The molecule has 25 heavy (non-hydrogen) atoms. The van der Waals surface area contributed by atoms with Crippen molar-refractivity contribution in [3.63, 3.8) is 0 Å². The smallest absolute Gasteiger partial charge is 0.334 e. The van der Waals surface area contributed by atoms with E-state index in [9.17, 15) is 10.1 Å². The van der Waals surface area contributed by atoms with Gasteiger partial charge in [-0.15, -0.1) is 0 Å². The van der Waals surface area contributed by atoms with E-state index in [0.717, 1.165) is 11.3 Å². The molecule has 1 N–H and O–H groups in total. The normalized spacial score (nSPS) is 11.9. The van der Waals surface area contributed by atoms with Gasteiger partial charge in [0.05, 0.1) is 16.7 Å². The molecular weight excluding hydrogens is 318 g/mol. The molecule has 3 rings (SSSR count). The molecule has 0 aliphatic carbocycles. The molecule has 2 heterocycles. The van der Waals surface area contributed by atoms with Crippen LogP contribution < -0.4 is 5.32 Å². The number of hydrogen-bond acceptors (Lipinski definition) is 5.